The highest BCUT2D eigenvalue weighted by atomic mass is 35.5. The van der Waals surface area contributed by atoms with E-state index in [1.807, 2.05) is 24.3 Å². The number of rotatable bonds is 2. The molecule has 1 aromatic heterocycles. The maximum absolute atomic E-state index is 10.2. The predicted octanol–water partition coefficient (Wildman–Crippen LogP) is 3.42. The minimum atomic E-state index is -0.599. The molecular weight excluding hydrogens is 256 g/mol. The quantitative estimate of drug-likeness (QED) is 0.903. The van der Waals surface area contributed by atoms with Crippen LogP contribution in [0.15, 0.2) is 30.3 Å². The summed E-state index contributed by atoms with van der Waals surface area (Å²) in [7, 11) is 0. The number of fused-ring (bicyclic) bond motifs is 1. The highest BCUT2D eigenvalue weighted by Crippen LogP contribution is 2.34. The van der Waals surface area contributed by atoms with E-state index in [9.17, 15) is 5.11 Å². The van der Waals surface area contributed by atoms with Crippen molar-refractivity contribution in [2.24, 2.45) is 0 Å². The van der Waals surface area contributed by atoms with Crippen LogP contribution in [0.3, 0.4) is 0 Å². The molecule has 0 saturated carbocycles. The predicted molar refractivity (Wildman–Crippen MR) is 69.0 cm³/mol. The summed E-state index contributed by atoms with van der Waals surface area (Å²) in [6.07, 6.45) is 0.319. The van der Waals surface area contributed by atoms with Crippen molar-refractivity contribution in [3.63, 3.8) is 0 Å². The first-order chi connectivity index (χ1) is 8.24. The molecule has 1 atom stereocenters. The van der Waals surface area contributed by atoms with Gasteiger partial charge in [0.1, 0.15) is 11.9 Å². The van der Waals surface area contributed by atoms with Crippen LogP contribution in [0.25, 0.3) is 0 Å². The molecule has 0 radical (unpaired) electrons. The van der Waals surface area contributed by atoms with Gasteiger partial charge in [0.25, 0.3) is 0 Å². The van der Waals surface area contributed by atoms with E-state index in [1.165, 1.54) is 16.9 Å². The van der Waals surface area contributed by atoms with E-state index < -0.39 is 6.10 Å². The summed E-state index contributed by atoms with van der Waals surface area (Å²) < 4.78 is 6.14. The lowest BCUT2D eigenvalue weighted by atomic mass is 10.0. The Kier molecular flexibility index (Phi) is 2.82. The zero-order chi connectivity index (χ0) is 11.8. The molecule has 1 N–H and O–H groups in total. The van der Waals surface area contributed by atoms with Gasteiger partial charge in [-0.2, -0.15) is 0 Å². The van der Waals surface area contributed by atoms with E-state index in [1.54, 1.807) is 6.07 Å². The van der Waals surface area contributed by atoms with Crippen LogP contribution in [-0.2, 0) is 6.42 Å². The van der Waals surface area contributed by atoms with Crippen molar-refractivity contribution < 1.29 is 9.84 Å². The third kappa shape index (κ3) is 2.06. The standard InChI is InChI=1S/C13H11ClO2S/c14-12-4-3-11(17-12)13(15)9-1-2-10-8(7-9)5-6-16-10/h1-4,7,13,15H,5-6H2. The van der Waals surface area contributed by atoms with Gasteiger partial charge in [-0.3, -0.25) is 0 Å². The molecule has 0 aliphatic carbocycles. The van der Waals surface area contributed by atoms with Crippen molar-refractivity contribution in [3.8, 4) is 5.75 Å². The Hall–Kier alpha value is -1.03. The van der Waals surface area contributed by atoms with Gasteiger partial charge in [-0.15, -0.1) is 11.3 Å². The van der Waals surface area contributed by atoms with Crippen LogP contribution in [0.4, 0.5) is 0 Å². The van der Waals surface area contributed by atoms with Crippen LogP contribution in [0.2, 0.25) is 4.34 Å². The molecule has 0 saturated heterocycles. The molecule has 0 fully saturated rings. The number of halogens is 1. The van der Waals surface area contributed by atoms with Crippen molar-refractivity contribution in [1.82, 2.24) is 0 Å². The van der Waals surface area contributed by atoms with Crippen LogP contribution >= 0.6 is 22.9 Å². The first-order valence-corrected chi connectivity index (χ1v) is 6.62. The minimum Gasteiger partial charge on any atom is -0.493 e. The smallest absolute Gasteiger partial charge is 0.122 e. The van der Waals surface area contributed by atoms with Crippen molar-refractivity contribution in [2.45, 2.75) is 12.5 Å². The number of benzene rings is 1. The maximum atomic E-state index is 10.2. The minimum absolute atomic E-state index is 0.599. The highest BCUT2D eigenvalue weighted by Gasteiger charge is 2.17. The molecule has 2 heterocycles. The first kappa shape index (κ1) is 11.1. The van der Waals surface area contributed by atoms with Gasteiger partial charge in [-0.25, -0.2) is 0 Å². The fourth-order valence-corrected chi connectivity index (χ4v) is 3.09. The lowest BCUT2D eigenvalue weighted by molar-refractivity contribution is 0.224. The summed E-state index contributed by atoms with van der Waals surface area (Å²) in [6, 6.07) is 9.52. The Labute approximate surface area is 108 Å². The molecule has 88 valence electrons. The third-order valence-corrected chi connectivity index (χ3v) is 4.18. The summed E-state index contributed by atoms with van der Waals surface area (Å²) in [4.78, 5) is 0.869. The lowest BCUT2D eigenvalue weighted by Crippen LogP contribution is -1.97. The van der Waals surface area contributed by atoms with Crippen molar-refractivity contribution >= 4 is 22.9 Å². The van der Waals surface area contributed by atoms with Crippen LogP contribution in [-0.4, -0.2) is 11.7 Å². The van der Waals surface area contributed by atoms with Gasteiger partial charge >= 0.3 is 0 Å². The summed E-state index contributed by atoms with van der Waals surface area (Å²) in [5.41, 5.74) is 2.07. The number of ether oxygens (including phenoxy) is 1. The second-order valence-electron chi connectivity index (χ2n) is 4.01. The summed E-state index contributed by atoms with van der Waals surface area (Å²) >= 11 is 7.28. The molecule has 1 unspecified atom stereocenters. The first-order valence-electron chi connectivity index (χ1n) is 5.43. The average molecular weight is 267 g/mol. The number of hydrogen-bond acceptors (Lipinski definition) is 3. The molecule has 2 nitrogen and oxygen atoms in total. The largest absolute Gasteiger partial charge is 0.493 e. The Morgan fingerprint density at radius 1 is 1.29 bits per heavy atom. The topological polar surface area (TPSA) is 29.5 Å². The van der Waals surface area contributed by atoms with Crippen molar-refractivity contribution in [2.75, 3.05) is 6.61 Å². The number of aliphatic hydroxyl groups excluding tert-OH is 1. The van der Waals surface area contributed by atoms with Crippen molar-refractivity contribution in [1.29, 1.82) is 0 Å². The molecule has 0 spiro atoms. The molecule has 3 rings (SSSR count). The third-order valence-electron chi connectivity index (χ3n) is 2.89. The van der Waals surface area contributed by atoms with E-state index in [0.29, 0.717) is 4.34 Å². The molecule has 2 aromatic rings. The van der Waals surface area contributed by atoms with Gasteiger partial charge in [-0.05, 0) is 35.4 Å². The molecule has 0 amide bonds. The molecule has 17 heavy (non-hydrogen) atoms. The van der Waals surface area contributed by atoms with E-state index in [0.717, 1.165) is 29.2 Å². The Bertz CT molecular complexity index is 550. The molecule has 0 bridgehead atoms. The lowest BCUT2D eigenvalue weighted by Gasteiger charge is -2.10. The van der Waals surface area contributed by atoms with Gasteiger partial charge in [-0.1, -0.05) is 17.7 Å². The number of aliphatic hydroxyl groups is 1. The van der Waals surface area contributed by atoms with Gasteiger partial charge in [0.05, 0.1) is 10.9 Å². The average Bonchev–Trinajstić information content (AvgIpc) is 2.95. The monoisotopic (exact) mass is 266 g/mol. The maximum Gasteiger partial charge on any atom is 0.122 e. The van der Waals surface area contributed by atoms with Gasteiger partial charge in [0.2, 0.25) is 0 Å². The second kappa shape index (κ2) is 4.33. The molecule has 4 heteroatoms. The zero-order valence-corrected chi connectivity index (χ0v) is 10.6. The zero-order valence-electron chi connectivity index (χ0n) is 9.02. The van der Waals surface area contributed by atoms with Crippen LogP contribution in [0.5, 0.6) is 5.75 Å². The summed E-state index contributed by atoms with van der Waals surface area (Å²) in [5.74, 6) is 0.935. The number of hydrogen-bond donors (Lipinski definition) is 1. The Morgan fingerprint density at radius 2 is 2.18 bits per heavy atom. The normalized spacial score (nSPS) is 15.4. The summed E-state index contributed by atoms with van der Waals surface area (Å²) in [5, 5.41) is 10.2. The van der Waals surface area contributed by atoms with Crippen LogP contribution in [0.1, 0.15) is 22.1 Å². The second-order valence-corrected chi connectivity index (χ2v) is 5.76. The Morgan fingerprint density at radius 3 is 2.94 bits per heavy atom. The van der Waals surface area contributed by atoms with Crippen LogP contribution < -0.4 is 4.74 Å². The van der Waals surface area contributed by atoms with Crippen LogP contribution in [0, 0.1) is 0 Å². The molecular formula is C13H11ClO2S. The van der Waals surface area contributed by atoms with E-state index in [2.05, 4.69) is 0 Å². The molecule has 1 aromatic carbocycles. The van der Waals surface area contributed by atoms with Gasteiger partial charge in [0.15, 0.2) is 0 Å². The fourth-order valence-electron chi connectivity index (χ4n) is 2.02. The number of thiophene rings is 1. The van der Waals surface area contributed by atoms with E-state index >= 15 is 0 Å². The van der Waals surface area contributed by atoms with Crippen molar-refractivity contribution in [3.05, 3.63) is 50.7 Å². The fraction of sp³-hybridized carbons (Fsp3) is 0.231. The van der Waals surface area contributed by atoms with E-state index in [4.69, 9.17) is 16.3 Å². The van der Waals surface area contributed by atoms with Gasteiger partial charge < -0.3 is 9.84 Å². The molecule has 1 aliphatic rings. The SMILES string of the molecule is OC(c1ccc2c(c1)CCO2)c1ccc(Cl)s1. The van der Waals surface area contributed by atoms with Gasteiger partial charge in [0, 0.05) is 11.3 Å². The molecule has 1 aliphatic heterocycles. The Balaban J connectivity index is 1.94. The van der Waals surface area contributed by atoms with E-state index in [-0.39, 0.29) is 0 Å². The summed E-state index contributed by atoms with van der Waals surface area (Å²) in [6.45, 7) is 0.736. The highest BCUT2D eigenvalue weighted by molar-refractivity contribution is 7.16.